The summed E-state index contributed by atoms with van der Waals surface area (Å²) in [5.74, 6) is 0.874. The Bertz CT molecular complexity index is 173. The number of hydrogen-bond donors (Lipinski definition) is 2. The van der Waals surface area contributed by atoms with Crippen LogP contribution in [0.2, 0.25) is 0 Å². The molecule has 1 aliphatic rings. The summed E-state index contributed by atoms with van der Waals surface area (Å²) >= 11 is 1.92. The van der Waals surface area contributed by atoms with Gasteiger partial charge in [-0.3, -0.25) is 0 Å². The standard InChI is InChI=1S/C11H23NOS/c1-11(2)6-4-5-9(10(11)12-3)14-8-7-13/h9-10,12-13H,4-8H2,1-3H3. The second-order valence-electron chi connectivity index (χ2n) is 4.78. The summed E-state index contributed by atoms with van der Waals surface area (Å²) in [5, 5.41) is 13.0. The van der Waals surface area contributed by atoms with Crippen LogP contribution in [0.1, 0.15) is 33.1 Å². The van der Waals surface area contributed by atoms with Gasteiger partial charge in [0, 0.05) is 17.0 Å². The van der Waals surface area contributed by atoms with E-state index in [4.69, 9.17) is 5.11 Å². The third kappa shape index (κ3) is 2.88. The third-order valence-electron chi connectivity index (χ3n) is 3.26. The zero-order chi connectivity index (χ0) is 10.6. The second kappa shape index (κ2) is 5.38. The molecule has 0 heterocycles. The molecule has 0 saturated heterocycles. The summed E-state index contributed by atoms with van der Waals surface area (Å²) in [6.07, 6.45) is 3.93. The fraction of sp³-hybridized carbons (Fsp3) is 1.00. The van der Waals surface area contributed by atoms with Crippen molar-refractivity contribution in [3.63, 3.8) is 0 Å². The highest BCUT2D eigenvalue weighted by Gasteiger charge is 2.37. The molecular formula is C11H23NOS. The zero-order valence-corrected chi connectivity index (χ0v) is 10.4. The van der Waals surface area contributed by atoms with Gasteiger partial charge >= 0.3 is 0 Å². The van der Waals surface area contributed by atoms with Gasteiger partial charge < -0.3 is 10.4 Å². The molecule has 1 rings (SSSR count). The van der Waals surface area contributed by atoms with Crippen LogP contribution >= 0.6 is 11.8 Å². The largest absolute Gasteiger partial charge is 0.396 e. The number of rotatable bonds is 4. The average molecular weight is 217 g/mol. The van der Waals surface area contributed by atoms with Crippen molar-refractivity contribution in [1.29, 1.82) is 0 Å². The lowest BCUT2D eigenvalue weighted by Gasteiger charge is -2.43. The van der Waals surface area contributed by atoms with Gasteiger partial charge in [-0.05, 0) is 25.3 Å². The maximum atomic E-state index is 8.84. The van der Waals surface area contributed by atoms with Crippen LogP contribution in [-0.4, -0.2) is 35.8 Å². The summed E-state index contributed by atoms with van der Waals surface area (Å²) in [7, 11) is 2.06. The molecule has 0 radical (unpaired) electrons. The lowest BCUT2D eigenvalue weighted by molar-refractivity contribution is 0.182. The Labute approximate surface area is 91.9 Å². The van der Waals surface area contributed by atoms with E-state index in [9.17, 15) is 0 Å². The molecule has 3 heteroatoms. The average Bonchev–Trinajstić information content (AvgIpc) is 2.13. The minimum absolute atomic E-state index is 0.304. The molecule has 14 heavy (non-hydrogen) atoms. The Kier molecular flexibility index (Phi) is 4.74. The highest BCUT2D eigenvalue weighted by atomic mass is 32.2. The topological polar surface area (TPSA) is 32.3 Å². The smallest absolute Gasteiger partial charge is 0.0521 e. The number of aliphatic hydroxyl groups excluding tert-OH is 1. The molecule has 1 saturated carbocycles. The monoisotopic (exact) mass is 217 g/mol. The third-order valence-corrected chi connectivity index (χ3v) is 4.61. The Hall–Kier alpha value is 0.270. The van der Waals surface area contributed by atoms with Crippen molar-refractivity contribution in [1.82, 2.24) is 5.32 Å². The number of hydrogen-bond acceptors (Lipinski definition) is 3. The van der Waals surface area contributed by atoms with E-state index < -0.39 is 0 Å². The second-order valence-corrected chi connectivity index (χ2v) is 6.13. The molecule has 2 unspecified atom stereocenters. The van der Waals surface area contributed by atoms with E-state index in [1.807, 2.05) is 11.8 Å². The predicted octanol–water partition coefficient (Wildman–Crippen LogP) is 1.88. The minimum Gasteiger partial charge on any atom is -0.396 e. The minimum atomic E-state index is 0.304. The van der Waals surface area contributed by atoms with E-state index in [2.05, 4.69) is 26.2 Å². The summed E-state index contributed by atoms with van der Waals surface area (Å²) in [6, 6.07) is 0.591. The van der Waals surface area contributed by atoms with Crippen molar-refractivity contribution < 1.29 is 5.11 Å². The van der Waals surface area contributed by atoms with Crippen molar-refractivity contribution >= 4 is 11.8 Å². The van der Waals surface area contributed by atoms with Gasteiger partial charge in [0.1, 0.15) is 0 Å². The Morgan fingerprint density at radius 3 is 2.79 bits per heavy atom. The summed E-state index contributed by atoms with van der Waals surface area (Å²) < 4.78 is 0. The van der Waals surface area contributed by atoms with Gasteiger partial charge in [0.15, 0.2) is 0 Å². The molecule has 2 atom stereocenters. The van der Waals surface area contributed by atoms with Crippen molar-refractivity contribution in [3.8, 4) is 0 Å². The maximum absolute atomic E-state index is 8.84. The molecular weight excluding hydrogens is 194 g/mol. The quantitative estimate of drug-likeness (QED) is 0.754. The van der Waals surface area contributed by atoms with Crippen LogP contribution in [0.4, 0.5) is 0 Å². The number of thioether (sulfide) groups is 1. The lowest BCUT2D eigenvalue weighted by Crippen LogP contribution is -2.50. The van der Waals surface area contributed by atoms with Crippen LogP contribution in [0.25, 0.3) is 0 Å². The first kappa shape index (κ1) is 12.3. The molecule has 0 aliphatic heterocycles. The molecule has 1 aliphatic carbocycles. The van der Waals surface area contributed by atoms with Crippen molar-refractivity contribution in [2.45, 2.75) is 44.4 Å². The predicted molar refractivity (Wildman–Crippen MR) is 63.8 cm³/mol. The first-order valence-electron chi connectivity index (χ1n) is 5.51. The van der Waals surface area contributed by atoms with Crippen molar-refractivity contribution in [2.75, 3.05) is 19.4 Å². The van der Waals surface area contributed by atoms with E-state index in [0.717, 1.165) is 5.75 Å². The molecule has 0 aromatic heterocycles. The summed E-state index contributed by atoms with van der Waals surface area (Å²) in [4.78, 5) is 0. The van der Waals surface area contributed by atoms with Gasteiger partial charge in [0.05, 0.1) is 6.61 Å². The fourth-order valence-corrected chi connectivity index (χ4v) is 3.98. The van der Waals surface area contributed by atoms with Crippen LogP contribution in [0.5, 0.6) is 0 Å². The molecule has 0 bridgehead atoms. The van der Waals surface area contributed by atoms with Gasteiger partial charge in [-0.25, -0.2) is 0 Å². The highest BCUT2D eigenvalue weighted by molar-refractivity contribution is 7.99. The fourth-order valence-electron chi connectivity index (χ4n) is 2.54. The number of nitrogens with one attached hydrogen (secondary N) is 1. The highest BCUT2D eigenvalue weighted by Crippen LogP contribution is 2.40. The zero-order valence-electron chi connectivity index (χ0n) is 9.55. The van der Waals surface area contributed by atoms with E-state index in [-0.39, 0.29) is 0 Å². The molecule has 0 aromatic carbocycles. The maximum Gasteiger partial charge on any atom is 0.0521 e. The van der Waals surface area contributed by atoms with E-state index in [1.54, 1.807) is 0 Å². The molecule has 84 valence electrons. The molecule has 1 fully saturated rings. The van der Waals surface area contributed by atoms with E-state index >= 15 is 0 Å². The van der Waals surface area contributed by atoms with E-state index in [0.29, 0.717) is 23.3 Å². The summed E-state index contributed by atoms with van der Waals surface area (Å²) in [5.41, 5.74) is 0.403. The van der Waals surface area contributed by atoms with Crippen LogP contribution in [-0.2, 0) is 0 Å². The Balaban J connectivity index is 2.55. The normalized spacial score (nSPS) is 31.7. The van der Waals surface area contributed by atoms with Gasteiger partial charge in [-0.15, -0.1) is 0 Å². The van der Waals surface area contributed by atoms with Gasteiger partial charge in [0.25, 0.3) is 0 Å². The van der Waals surface area contributed by atoms with Crippen LogP contribution < -0.4 is 5.32 Å². The first-order valence-corrected chi connectivity index (χ1v) is 6.56. The van der Waals surface area contributed by atoms with E-state index in [1.165, 1.54) is 19.3 Å². The first-order chi connectivity index (χ1) is 6.61. The molecule has 2 nitrogen and oxygen atoms in total. The SMILES string of the molecule is CNC1C(SCCO)CCCC1(C)C. The van der Waals surface area contributed by atoms with Gasteiger partial charge in [-0.2, -0.15) is 11.8 Å². The van der Waals surface area contributed by atoms with Gasteiger partial charge in [-0.1, -0.05) is 20.3 Å². The number of aliphatic hydroxyl groups is 1. The van der Waals surface area contributed by atoms with Gasteiger partial charge in [0.2, 0.25) is 0 Å². The van der Waals surface area contributed by atoms with Crippen LogP contribution in [0, 0.1) is 5.41 Å². The van der Waals surface area contributed by atoms with Crippen molar-refractivity contribution in [2.24, 2.45) is 5.41 Å². The molecule has 0 amide bonds. The Morgan fingerprint density at radius 2 is 2.21 bits per heavy atom. The summed E-state index contributed by atoms with van der Waals surface area (Å²) in [6.45, 7) is 5.00. The Morgan fingerprint density at radius 1 is 1.50 bits per heavy atom. The lowest BCUT2D eigenvalue weighted by atomic mass is 9.73. The molecule has 0 spiro atoms. The van der Waals surface area contributed by atoms with Crippen LogP contribution in [0.3, 0.4) is 0 Å². The van der Waals surface area contributed by atoms with Crippen molar-refractivity contribution in [3.05, 3.63) is 0 Å². The molecule has 2 N–H and O–H groups in total. The molecule has 0 aromatic rings. The van der Waals surface area contributed by atoms with Crippen LogP contribution in [0.15, 0.2) is 0 Å².